The van der Waals surface area contributed by atoms with Crippen LogP contribution in [0.2, 0.25) is 0 Å². The van der Waals surface area contributed by atoms with E-state index in [9.17, 15) is 24.0 Å². The van der Waals surface area contributed by atoms with E-state index < -0.39 is 47.8 Å². The summed E-state index contributed by atoms with van der Waals surface area (Å²) >= 11 is 5.81. The zero-order valence-corrected chi connectivity index (χ0v) is 31.8. The number of halogens is 1. The van der Waals surface area contributed by atoms with E-state index in [1.54, 1.807) is 13.8 Å². The van der Waals surface area contributed by atoms with Gasteiger partial charge in [-0.25, -0.2) is 0 Å². The van der Waals surface area contributed by atoms with Gasteiger partial charge in [-0.2, -0.15) is 0 Å². The van der Waals surface area contributed by atoms with Gasteiger partial charge < -0.3 is 49.9 Å². The fraction of sp³-hybridized carbons (Fsp3) is 0.794. The normalized spacial score (nSPS) is 13.3. The van der Waals surface area contributed by atoms with Gasteiger partial charge in [-0.15, -0.1) is 11.6 Å². The number of unbranched alkanes of at least 4 members (excludes halogenated alkanes) is 7. The highest BCUT2D eigenvalue weighted by Crippen LogP contribution is 2.11. The van der Waals surface area contributed by atoms with Crippen molar-refractivity contribution in [1.82, 2.24) is 21.3 Å². The maximum absolute atomic E-state index is 13.7. The monoisotopic (exact) mass is 743 g/mol. The molecule has 0 saturated carbocycles. The number of rotatable bonds is 30. The average Bonchev–Trinajstić information content (AvgIpc) is 3.07. The maximum atomic E-state index is 13.7. The summed E-state index contributed by atoms with van der Waals surface area (Å²) in [5, 5.41) is 11.1. The fourth-order valence-electron chi connectivity index (χ4n) is 5.28. The highest BCUT2D eigenvalue weighted by Gasteiger charge is 2.32. The van der Waals surface area contributed by atoms with Crippen LogP contribution in [0.15, 0.2) is 9.98 Å². The molecule has 0 aromatic rings. The predicted octanol–water partition coefficient (Wildman–Crippen LogP) is 0.766. The van der Waals surface area contributed by atoms with Gasteiger partial charge in [-0.05, 0) is 63.8 Å². The van der Waals surface area contributed by atoms with Gasteiger partial charge in [0.1, 0.15) is 18.1 Å². The molecule has 0 aromatic heterocycles. The molecule has 0 aliphatic carbocycles. The van der Waals surface area contributed by atoms with E-state index in [4.69, 9.17) is 40.3 Å². The summed E-state index contributed by atoms with van der Waals surface area (Å²) in [5.41, 5.74) is 27.3. The van der Waals surface area contributed by atoms with Crippen molar-refractivity contribution < 1.29 is 24.0 Å². The Morgan fingerprint density at radius 3 is 1.61 bits per heavy atom. The molecular weight excluding hydrogens is 678 g/mol. The van der Waals surface area contributed by atoms with Crippen LogP contribution in [0.1, 0.15) is 117 Å². The number of carbonyl (C=O) groups is 5. The van der Waals surface area contributed by atoms with Gasteiger partial charge in [0.05, 0.1) is 11.9 Å². The van der Waals surface area contributed by atoms with E-state index in [1.165, 1.54) is 19.3 Å². The molecule has 0 aliphatic rings. The average molecular weight is 744 g/mol. The van der Waals surface area contributed by atoms with E-state index in [-0.39, 0.29) is 61.8 Å². The quantitative estimate of drug-likeness (QED) is 0.0215. The van der Waals surface area contributed by atoms with E-state index in [2.05, 4.69) is 38.2 Å². The summed E-state index contributed by atoms with van der Waals surface area (Å²) in [6, 6.07) is -3.94. The number of nitrogens with zero attached hydrogens (tertiary/aromatic N) is 2. The summed E-state index contributed by atoms with van der Waals surface area (Å²) < 4.78 is 0. The molecule has 0 rings (SSSR count). The van der Waals surface area contributed by atoms with Gasteiger partial charge in [-0.3, -0.25) is 34.0 Å². The van der Waals surface area contributed by atoms with Gasteiger partial charge in [-0.1, -0.05) is 59.3 Å². The summed E-state index contributed by atoms with van der Waals surface area (Å²) in [5.74, 6) is -3.26. The largest absolute Gasteiger partial charge is 0.370 e. The first-order valence-corrected chi connectivity index (χ1v) is 18.9. The van der Waals surface area contributed by atoms with Crippen molar-refractivity contribution in [3.63, 3.8) is 0 Å². The number of guanidine groups is 2. The van der Waals surface area contributed by atoms with Crippen LogP contribution in [-0.4, -0.2) is 91.0 Å². The molecule has 16 nitrogen and oxygen atoms in total. The molecule has 51 heavy (non-hydrogen) atoms. The first kappa shape index (κ1) is 47.3. The van der Waals surface area contributed by atoms with Crippen molar-refractivity contribution in [2.24, 2.45) is 44.6 Å². The van der Waals surface area contributed by atoms with E-state index >= 15 is 0 Å². The number of Topliss-reactive ketones (excluding diaryl/α,β-unsaturated/α-hetero) is 1. The predicted molar refractivity (Wildman–Crippen MR) is 204 cm³/mol. The number of aliphatic imine (C=N–C) groups is 2. The molecule has 0 aliphatic heterocycles. The first-order chi connectivity index (χ1) is 24.3. The van der Waals surface area contributed by atoms with Crippen molar-refractivity contribution >= 4 is 52.9 Å². The first-order valence-electron chi connectivity index (χ1n) is 18.4. The second kappa shape index (κ2) is 29.0. The van der Waals surface area contributed by atoms with E-state index in [0.29, 0.717) is 45.1 Å². The Kier molecular flexibility index (Phi) is 26.9. The van der Waals surface area contributed by atoms with Crippen LogP contribution < -0.4 is 49.9 Å². The molecule has 0 radical (unpaired) electrons. The molecule has 4 amide bonds. The van der Waals surface area contributed by atoms with Gasteiger partial charge in [0.2, 0.25) is 23.6 Å². The summed E-state index contributed by atoms with van der Waals surface area (Å²) in [6.45, 7) is 6.55. The van der Waals surface area contributed by atoms with Crippen LogP contribution in [-0.2, 0) is 24.0 Å². The summed E-state index contributed by atoms with van der Waals surface area (Å²) in [7, 11) is 0. The number of carbonyl (C=O) groups excluding carboxylic acids is 5. The maximum Gasteiger partial charge on any atom is 0.243 e. The molecule has 0 bridgehead atoms. The lowest BCUT2D eigenvalue weighted by Gasteiger charge is -2.28. The number of amides is 4. The second-order valence-corrected chi connectivity index (χ2v) is 13.4. The lowest BCUT2D eigenvalue weighted by Crippen LogP contribution is -2.59. The lowest BCUT2D eigenvalue weighted by molar-refractivity contribution is -0.135. The Morgan fingerprint density at radius 1 is 0.608 bits per heavy atom. The molecule has 17 heteroatoms. The molecule has 0 fully saturated rings. The molecule has 0 aromatic carbocycles. The number of alkyl halides is 1. The molecular formula is C34H66ClN11O5. The van der Waals surface area contributed by atoms with Crippen LogP contribution in [0.5, 0.6) is 0 Å². The minimum Gasteiger partial charge on any atom is -0.370 e. The highest BCUT2D eigenvalue weighted by atomic mass is 35.5. The zero-order chi connectivity index (χ0) is 38.6. The molecule has 4 atom stereocenters. The van der Waals surface area contributed by atoms with Crippen molar-refractivity contribution in [3.8, 4) is 0 Å². The Morgan fingerprint density at radius 2 is 1.10 bits per heavy atom. The third-order valence-electron chi connectivity index (χ3n) is 8.21. The lowest BCUT2D eigenvalue weighted by atomic mass is 10.0. The molecule has 0 spiro atoms. The van der Waals surface area contributed by atoms with Crippen molar-refractivity contribution in [2.75, 3.05) is 25.5 Å². The van der Waals surface area contributed by atoms with Gasteiger partial charge >= 0.3 is 0 Å². The van der Waals surface area contributed by atoms with Crippen LogP contribution in [0.25, 0.3) is 0 Å². The van der Waals surface area contributed by atoms with Crippen molar-refractivity contribution in [2.45, 2.75) is 141 Å². The third-order valence-corrected chi connectivity index (χ3v) is 8.48. The molecule has 0 unspecified atom stereocenters. The van der Waals surface area contributed by atoms with Crippen LogP contribution >= 0.6 is 11.6 Å². The Bertz CT molecular complexity index is 1100. The zero-order valence-electron chi connectivity index (χ0n) is 31.0. The van der Waals surface area contributed by atoms with Crippen LogP contribution in [0, 0.1) is 5.92 Å². The van der Waals surface area contributed by atoms with E-state index in [1.807, 2.05) is 0 Å². The molecule has 14 N–H and O–H groups in total. The van der Waals surface area contributed by atoms with Crippen LogP contribution in [0.3, 0.4) is 0 Å². The number of nitrogens with two attached hydrogens (primary N) is 5. The summed E-state index contributed by atoms with van der Waals surface area (Å²) in [4.78, 5) is 74.1. The Hall–Kier alpha value is -3.66. The SMILES string of the molecule is CCCCCCCCCC(=O)N[C@@H](CCCN=C(N)N)C(=O)N[C@H](C(=O)N[C@@H](CCCN=C(N)N)C(=O)N[C@@H](CCCCN)C(=O)CCl)C(C)C. The number of ketones is 1. The van der Waals surface area contributed by atoms with E-state index in [0.717, 1.165) is 19.3 Å². The fourth-order valence-corrected chi connectivity index (χ4v) is 5.46. The topological polar surface area (TPSA) is 288 Å². The third kappa shape index (κ3) is 23.4. The number of nitrogens with one attached hydrogen (secondary N) is 4. The molecule has 0 saturated heterocycles. The van der Waals surface area contributed by atoms with Crippen molar-refractivity contribution in [3.05, 3.63) is 0 Å². The number of hydrogen-bond donors (Lipinski definition) is 9. The smallest absolute Gasteiger partial charge is 0.243 e. The van der Waals surface area contributed by atoms with Gasteiger partial charge in [0.15, 0.2) is 17.7 Å². The standard InChI is InChI=1S/C34H66ClN11O5/c1-4-5-6-7-8-9-10-18-28(48)43-25(16-13-20-41-33(37)38)31(50)46-29(23(2)3)32(51)45-26(17-14-21-42-34(39)40)30(49)44-24(27(47)22-35)15-11-12-19-36/h23-26,29H,4-22,36H2,1-3H3,(H,43,48)(H,44,49)(H,45,51)(H,46,50)(H4,37,38,41)(H4,39,40,42)/t24-,25-,26-,29-/m0/s1. The highest BCUT2D eigenvalue weighted by molar-refractivity contribution is 6.28. The Labute approximate surface area is 309 Å². The molecule has 0 heterocycles. The molecule has 294 valence electrons. The second-order valence-electron chi connectivity index (χ2n) is 13.1. The minimum atomic E-state index is -1.08. The Balaban J connectivity index is 5.85. The van der Waals surface area contributed by atoms with Gasteiger partial charge in [0.25, 0.3) is 0 Å². The van der Waals surface area contributed by atoms with Crippen molar-refractivity contribution in [1.29, 1.82) is 0 Å². The minimum absolute atomic E-state index is 0.0821. The number of hydrogen-bond acceptors (Lipinski definition) is 8. The summed E-state index contributed by atoms with van der Waals surface area (Å²) in [6.07, 6.45) is 10.3. The van der Waals surface area contributed by atoms with Gasteiger partial charge in [0, 0.05) is 19.5 Å². The van der Waals surface area contributed by atoms with Crippen LogP contribution in [0.4, 0.5) is 0 Å².